The van der Waals surface area contributed by atoms with Gasteiger partial charge in [-0.2, -0.15) is 0 Å². The van der Waals surface area contributed by atoms with Gasteiger partial charge in [-0.15, -0.1) is 0 Å². The van der Waals surface area contributed by atoms with E-state index in [4.69, 9.17) is 4.74 Å². The Morgan fingerprint density at radius 3 is 2.57 bits per heavy atom. The molecule has 0 fully saturated rings. The Balaban J connectivity index is 1.79. The van der Waals surface area contributed by atoms with Crippen molar-refractivity contribution in [3.05, 3.63) is 70.0 Å². The average Bonchev–Trinajstić information content (AvgIpc) is 2.82. The molecule has 0 aliphatic heterocycles. The first-order valence-electron chi connectivity index (χ1n) is 8.22. The van der Waals surface area contributed by atoms with Crippen LogP contribution in [0.2, 0.25) is 0 Å². The SMILES string of the molecule is O=c1c2c([nH]c3ccc(Oc4ccccc4)cc13)CCCCC2. The van der Waals surface area contributed by atoms with Gasteiger partial charge in [-0.05, 0) is 56.0 Å². The number of aromatic amines is 1. The Labute approximate surface area is 134 Å². The van der Waals surface area contributed by atoms with Crippen molar-refractivity contribution in [1.29, 1.82) is 0 Å². The fraction of sp³-hybridized carbons (Fsp3) is 0.250. The first-order valence-corrected chi connectivity index (χ1v) is 8.22. The van der Waals surface area contributed by atoms with Crippen LogP contribution in [0.3, 0.4) is 0 Å². The van der Waals surface area contributed by atoms with Crippen LogP contribution in [0.5, 0.6) is 11.5 Å². The third-order valence-electron chi connectivity index (χ3n) is 4.49. The highest BCUT2D eigenvalue weighted by Crippen LogP contribution is 2.25. The van der Waals surface area contributed by atoms with E-state index in [0.29, 0.717) is 5.75 Å². The molecule has 3 heteroatoms. The van der Waals surface area contributed by atoms with Gasteiger partial charge < -0.3 is 9.72 Å². The van der Waals surface area contributed by atoms with Crippen molar-refractivity contribution in [2.24, 2.45) is 0 Å². The molecule has 1 aliphatic rings. The fourth-order valence-corrected chi connectivity index (χ4v) is 3.30. The van der Waals surface area contributed by atoms with E-state index in [1.54, 1.807) is 0 Å². The smallest absolute Gasteiger partial charge is 0.192 e. The zero-order valence-electron chi connectivity index (χ0n) is 13.0. The standard InChI is InChI=1S/C20H19NO2/c22-20-16-9-5-2-6-10-18(16)21-19-12-11-15(13-17(19)20)23-14-7-3-1-4-8-14/h1,3-4,7-8,11-13H,2,5-6,9-10H2,(H,21,22). The van der Waals surface area contributed by atoms with E-state index in [1.165, 1.54) is 6.42 Å². The average molecular weight is 305 g/mol. The molecule has 4 rings (SSSR count). The largest absolute Gasteiger partial charge is 0.457 e. The number of ether oxygens (including phenoxy) is 1. The maximum absolute atomic E-state index is 12.9. The van der Waals surface area contributed by atoms with Gasteiger partial charge in [0.2, 0.25) is 0 Å². The van der Waals surface area contributed by atoms with Gasteiger partial charge in [0.15, 0.2) is 5.43 Å². The summed E-state index contributed by atoms with van der Waals surface area (Å²) in [5.74, 6) is 1.47. The highest BCUT2D eigenvalue weighted by molar-refractivity contribution is 5.81. The Hall–Kier alpha value is -2.55. The van der Waals surface area contributed by atoms with Crippen molar-refractivity contribution in [2.75, 3.05) is 0 Å². The van der Waals surface area contributed by atoms with Crippen LogP contribution in [0, 0.1) is 0 Å². The number of aromatic nitrogens is 1. The van der Waals surface area contributed by atoms with E-state index < -0.39 is 0 Å². The van der Waals surface area contributed by atoms with Crippen molar-refractivity contribution < 1.29 is 4.74 Å². The quantitative estimate of drug-likeness (QED) is 0.704. The summed E-state index contributed by atoms with van der Waals surface area (Å²) in [6, 6.07) is 15.3. The zero-order valence-corrected chi connectivity index (χ0v) is 13.0. The van der Waals surface area contributed by atoms with Gasteiger partial charge in [-0.25, -0.2) is 0 Å². The molecule has 0 amide bonds. The van der Waals surface area contributed by atoms with Crippen molar-refractivity contribution in [1.82, 2.24) is 4.98 Å². The summed E-state index contributed by atoms with van der Waals surface area (Å²) >= 11 is 0. The molecule has 116 valence electrons. The molecule has 1 aromatic heterocycles. The van der Waals surface area contributed by atoms with Gasteiger partial charge in [0.25, 0.3) is 0 Å². The number of hydrogen-bond acceptors (Lipinski definition) is 2. The molecule has 1 aliphatic carbocycles. The summed E-state index contributed by atoms with van der Waals surface area (Å²) in [6.07, 6.45) is 5.30. The third-order valence-corrected chi connectivity index (χ3v) is 4.49. The molecule has 0 radical (unpaired) electrons. The number of benzene rings is 2. The summed E-state index contributed by atoms with van der Waals surface area (Å²) in [5, 5.41) is 0.721. The van der Waals surface area contributed by atoms with E-state index in [9.17, 15) is 4.79 Å². The molecule has 23 heavy (non-hydrogen) atoms. The van der Waals surface area contributed by atoms with Gasteiger partial charge in [0.1, 0.15) is 11.5 Å². The molecule has 3 nitrogen and oxygen atoms in total. The predicted octanol–water partition coefficient (Wildman–Crippen LogP) is 4.59. The molecule has 0 saturated carbocycles. The van der Waals surface area contributed by atoms with Gasteiger partial charge in [-0.3, -0.25) is 4.79 Å². The summed E-state index contributed by atoms with van der Waals surface area (Å²) < 4.78 is 5.86. The van der Waals surface area contributed by atoms with Crippen LogP contribution < -0.4 is 10.2 Å². The van der Waals surface area contributed by atoms with Crippen LogP contribution >= 0.6 is 0 Å². The Bertz CT molecular complexity index is 897. The molecule has 0 spiro atoms. The van der Waals surface area contributed by atoms with E-state index in [1.807, 2.05) is 48.5 Å². The molecule has 0 unspecified atom stereocenters. The lowest BCUT2D eigenvalue weighted by atomic mass is 10.0. The number of hydrogen-bond donors (Lipinski definition) is 1. The molecule has 0 bridgehead atoms. The van der Waals surface area contributed by atoms with Crippen LogP contribution in [-0.2, 0) is 12.8 Å². The van der Waals surface area contributed by atoms with E-state index in [-0.39, 0.29) is 5.43 Å². The first-order chi connectivity index (χ1) is 11.3. The van der Waals surface area contributed by atoms with Crippen LogP contribution in [-0.4, -0.2) is 4.98 Å². The van der Waals surface area contributed by atoms with Gasteiger partial charge >= 0.3 is 0 Å². The topological polar surface area (TPSA) is 42.1 Å². The summed E-state index contributed by atoms with van der Waals surface area (Å²) in [4.78, 5) is 16.3. The molecular weight excluding hydrogens is 286 g/mol. The maximum Gasteiger partial charge on any atom is 0.192 e. The molecule has 2 aromatic carbocycles. The second-order valence-corrected chi connectivity index (χ2v) is 6.09. The number of nitrogens with one attached hydrogen (secondary N) is 1. The second kappa shape index (κ2) is 5.92. The van der Waals surface area contributed by atoms with Gasteiger partial charge in [0.05, 0.1) is 0 Å². The van der Waals surface area contributed by atoms with Crippen molar-refractivity contribution in [2.45, 2.75) is 32.1 Å². The number of H-pyrrole nitrogens is 1. The number of rotatable bonds is 2. The number of para-hydroxylation sites is 1. The Morgan fingerprint density at radius 2 is 1.70 bits per heavy atom. The van der Waals surface area contributed by atoms with Crippen molar-refractivity contribution in [3.8, 4) is 11.5 Å². The molecule has 1 heterocycles. The summed E-state index contributed by atoms with van der Waals surface area (Å²) in [5.41, 5.74) is 3.15. The van der Waals surface area contributed by atoms with E-state index in [0.717, 1.165) is 53.6 Å². The molecule has 3 aromatic rings. The Kier molecular flexibility index (Phi) is 3.62. The summed E-state index contributed by atoms with van der Waals surface area (Å²) in [7, 11) is 0. The highest BCUT2D eigenvalue weighted by atomic mass is 16.5. The Morgan fingerprint density at radius 1 is 0.870 bits per heavy atom. The molecular formula is C20H19NO2. The van der Waals surface area contributed by atoms with Crippen LogP contribution in [0.1, 0.15) is 30.5 Å². The third kappa shape index (κ3) is 2.74. The van der Waals surface area contributed by atoms with Gasteiger partial charge in [-0.1, -0.05) is 24.6 Å². The number of fused-ring (bicyclic) bond motifs is 2. The lowest BCUT2D eigenvalue weighted by Crippen LogP contribution is -2.14. The lowest BCUT2D eigenvalue weighted by Gasteiger charge is -2.10. The van der Waals surface area contributed by atoms with E-state index >= 15 is 0 Å². The fourth-order valence-electron chi connectivity index (χ4n) is 3.30. The van der Waals surface area contributed by atoms with Crippen molar-refractivity contribution in [3.63, 3.8) is 0 Å². The van der Waals surface area contributed by atoms with Crippen LogP contribution in [0.4, 0.5) is 0 Å². The minimum atomic E-state index is 0.161. The first kappa shape index (κ1) is 14.1. The number of aryl methyl sites for hydroxylation is 1. The molecule has 1 N–H and O–H groups in total. The minimum absolute atomic E-state index is 0.161. The normalized spacial score (nSPS) is 14.3. The molecule has 0 atom stereocenters. The van der Waals surface area contributed by atoms with Crippen LogP contribution in [0.25, 0.3) is 10.9 Å². The maximum atomic E-state index is 12.9. The number of pyridine rings is 1. The zero-order chi connectivity index (χ0) is 15.6. The van der Waals surface area contributed by atoms with E-state index in [2.05, 4.69) is 4.98 Å². The lowest BCUT2D eigenvalue weighted by molar-refractivity contribution is 0.483. The predicted molar refractivity (Wildman–Crippen MR) is 92.3 cm³/mol. The van der Waals surface area contributed by atoms with Crippen LogP contribution in [0.15, 0.2) is 53.3 Å². The molecule has 0 saturated heterocycles. The highest BCUT2D eigenvalue weighted by Gasteiger charge is 2.15. The second-order valence-electron chi connectivity index (χ2n) is 6.09. The van der Waals surface area contributed by atoms with Crippen molar-refractivity contribution >= 4 is 10.9 Å². The van der Waals surface area contributed by atoms with Gasteiger partial charge in [0, 0.05) is 22.2 Å². The minimum Gasteiger partial charge on any atom is -0.457 e. The summed E-state index contributed by atoms with van der Waals surface area (Å²) in [6.45, 7) is 0. The monoisotopic (exact) mass is 305 g/mol.